The molecule has 1 atom stereocenters. The Bertz CT molecular complexity index is 1390. The number of benzene rings is 3. The summed E-state index contributed by atoms with van der Waals surface area (Å²) in [7, 11) is 0. The molecule has 3 aromatic rings. The van der Waals surface area contributed by atoms with Gasteiger partial charge in [-0.3, -0.25) is 19.4 Å². The van der Waals surface area contributed by atoms with Gasteiger partial charge in [0.2, 0.25) is 11.8 Å². The number of thioether (sulfide) groups is 1. The zero-order chi connectivity index (χ0) is 26.3. The molecule has 2 aliphatic heterocycles. The van der Waals surface area contributed by atoms with Crippen LogP contribution in [0.25, 0.3) is 0 Å². The van der Waals surface area contributed by atoms with Gasteiger partial charge in [-0.1, -0.05) is 84.6 Å². The van der Waals surface area contributed by atoms with Gasteiger partial charge in [-0.2, -0.15) is 0 Å². The minimum absolute atomic E-state index is 0.109. The molecule has 192 valence electrons. The standard InChI is InChI=1S/C29H27N5O3S/c35-25(30-17-20-9-3-1-4-10-20)16-15-24-28(37)34-27(32-24)22-13-7-8-14-23(22)33-29(34)38-19-26(36)31-18-21-11-5-2-6-12-21/h1-14,24H,15-19H2,(H,30,35)(H,31,36). The van der Waals surface area contributed by atoms with Crippen molar-refractivity contribution in [1.29, 1.82) is 0 Å². The summed E-state index contributed by atoms with van der Waals surface area (Å²) < 4.78 is 0. The normalized spacial score (nSPS) is 15.7. The van der Waals surface area contributed by atoms with Crippen LogP contribution in [0.2, 0.25) is 0 Å². The van der Waals surface area contributed by atoms with Gasteiger partial charge in [0.1, 0.15) is 11.9 Å². The molecule has 8 nitrogen and oxygen atoms in total. The summed E-state index contributed by atoms with van der Waals surface area (Å²) in [5, 5.41) is 6.21. The fourth-order valence-electron chi connectivity index (χ4n) is 4.22. The first-order chi connectivity index (χ1) is 18.6. The molecule has 0 spiro atoms. The molecule has 0 fully saturated rings. The fourth-order valence-corrected chi connectivity index (χ4v) is 5.05. The molecule has 2 N–H and O–H groups in total. The van der Waals surface area contributed by atoms with Gasteiger partial charge in [-0.25, -0.2) is 9.89 Å². The molecule has 38 heavy (non-hydrogen) atoms. The summed E-state index contributed by atoms with van der Waals surface area (Å²) in [5.74, 6) is 0.101. The minimum Gasteiger partial charge on any atom is -0.352 e. The van der Waals surface area contributed by atoms with E-state index in [1.807, 2.05) is 84.9 Å². The molecule has 3 amide bonds. The molecule has 2 aliphatic rings. The van der Waals surface area contributed by atoms with Crippen LogP contribution in [0.1, 0.15) is 29.5 Å². The number of aliphatic imine (C=N–C) groups is 2. The van der Waals surface area contributed by atoms with Crippen LogP contribution in [0.3, 0.4) is 0 Å². The van der Waals surface area contributed by atoms with Crippen molar-refractivity contribution in [3.8, 4) is 0 Å². The van der Waals surface area contributed by atoms with Crippen LogP contribution >= 0.6 is 11.8 Å². The van der Waals surface area contributed by atoms with Crippen molar-refractivity contribution in [2.75, 3.05) is 5.75 Å². The molecule has 0 bridgehead atoms. The lowest BCUT2D eigenvalue weighted by Crippen LogP contribution is -2.41. The van der Waals surface area contributed by atoms with E-state index in [0.717, 1.165) is 16.7 Å². The van der Waals surface area contributed by atoms with E-state index in [2.05, 4.69) is 15.6 Å². The highest BCUT2D eigenvalue weighted by Crippen LogP contribution is 2.34. The third-order valence-electron chi connectivity index (χ3n) is 6.19. The Kier molecular flexibility index (Phi) is 7.94. The summed E-state index contributed by atoms with van der Waals surface area (Å²) in [6, 6.07) is 26.1. The van der Waals surface area contributed by atoms with Crippen LogP contribution in [-0.2, 0) is 27.5 Å². The number of carbonyl (C=O) groups is 3. The van der Waals surface area contributed by atoms with Gasteiger partial charge in [0.05, 0.1) is 11.4 Å². The van der Waals surface area contributed by atoms with Crippen LogP contribution in [0, 0.1) is 0 Å². The van der Waals surface area contributed by atoms with E-state index in [9.17, 15) is 14.4 Å². The summed E-state index contributed by atoms with van der Waals surface area (Å²) in [6.07, 6.45) is 0.466. The lowest BCUT2D eigenvalue weighted by Gasteiger charge is -2.25. The van der Waals surface area contributed by atoms with Gasteiger partial charge < -0.3 is 10.6 Å². The van der Waals surface area contributed by atoms with E-state index in [-0.39, 0.29) is 36.3 Å². The Labute approximate surface area is 225 Å². The SMILES string of the molecule is O=C(CCC1N=C2c3ccccc3N=C(SCC(=O)NCc3ccccc3)N2C1=O)NCc1ccccc1. The molecule has 0 saturated heterocycles. The smallest absolute Gasteiger partial charge is 0.259 e. The Morgan fingerprint density at radius 2 is 1.42 bits per heavy atom. The summed E-state index contributed by atoms with van der Waals surface area (Å²) in [4.78, 5) is 49.2. The number of hydrogen-bond acceptors (Lipinski definition) is 6. The van der Waals surface area contributed by atoms with E-state index in [1.165, 1.54) is 16.7 Å². The number of carbonyl (C=O) groups excluding carboxylic acids is 3. The van der Waals surface area contributed by atoms with Gasteiger partial charge in [-0.15, -0.1) is 0 Å². The van der Waals surface area contributed by atoms with Gasteiger partial charge in [0, 0.05) is 25.1 Å². The highest BCUT2D eigenvalue weighted by Gasteiger charge is 2.41. The van der Waals surface area contributed by atoms with Crippen LogP contribution in [0.15, 0.2) is 94.9 Å². The maximum Gasteiger partial charge on any atom is 0.259 e. The number of amidine groups is 2. The number of fused-ring (bicyclic) bond motifs is 3. The van der Waals surface area contributed by atoms with E-state index in [1.54, 1.807) is 0 Å². The monoisotopic (exact) mass is 525 g/mol. The van der Waals surface area contributed by atoms with Gasteiger partial charge in [0.15, 0.2) is 5.17 Å². The average molecular weight is 526 g/mol. The zero-order valence-electron chi connectivity index (χ0n) is 20.7. The number of hydrogen-bond donors (Lipinski definition) is 2. The van der Waals surface area contributed by atoms with Crippen molar-refractivity contribution in [2.24, 2.45) is 9.98 Å². The molecule has 0 saturated carbocycles. The Balaban J connectivity index is 1.22. The molecule has 0 aliphatic carbocycles. The molecular weight excluding hydrogens is 498 g/mol. The third kappa shape index (κ3) is 6.00. The maximum absolute atomic E-state index is 13.4. The largest absolute Gasteiger partial charge is 0.352 e. The summed E-state index contributed by atoms with van der Waals surface area (Å²) >= 11 is 1.20. The van der Waals surface area contributed by atoms with Gasteiger partial charge in [0.25, 0.3) is 5.91 Å². The molecular formula is C29H27N5O3S. The van der Waals surface area contributed by atoms with Gasteiger partial charge >= 0.3 is 0 Å². The minimum atomic E-state index is -0.684. The third-order valence-corrected chi connectivity index (χ3v) is 7.13. The van der Waals surface area contributed by atoms with Gasteiger partial charge in [-0.05, 0) is 29.7 Å². The highest BCUT2D eigenvalue weighted by atomic mass is 32.2. The van der Waals surface area contributed by atoms with Crippen molar-refractivity contribution < 1.29 is 14.4 Å². The average Bonchev–Trinajstić information content (AvgIpc) is 3.30. The lowest BCUT2D eigenvalue weighted by molar-refractivity contribution is -0.125. The van der Waals surface area contributed by atoms with Crippen LogP contribution < -0.4 is 10.6 Å². The number of amides is 3. The molecule has 2 heterocycles. The molecule has 0 radical (unpaired) electrons. The van der Waals surface area contributed by atoms with Crippen molar-refractivity contribution in [3.63, 3.8) is 0 Å². The summed E-state index contributed by atoms with van der Waals surface area (Å²) in [5.41, 5.74) is 3.48. The zero-order valence-corrected chi connectivity index (χ0v) is 21.5. The second kappa shape index (κ2) is 11.9. The van der Waals surface area contributed by atoms with Crippen molar-refractivity contribution >= 4 is 46.2 Å². The van der Waals surface area contributed by atoms with Crippen molar-refractivity contribution in [2.45, 2.75) is 32.0 Å². The Hall–Kier alpha value is -4.24. The van der Waals surface area contributed by atoms with Crippen LogP contribution in [0.5, 0.6) is 0 Å². The number of rotatable bonds is 9. The maximum atomic E-state index is 13.4. The number of para-hydroxylation sites is 1. The number of nitrogens with zero attached hydrogens (tertiary/aromatic N) is 3. The fraction of sp³-hybridized carbons (Fsp3) is 0.207. The second-order valence-corrected chi connectivity index (χ2v) is 9.85. The molecule has 5 rings (SSSR count). The quantitative estimate of drug-likeness (QED) is 0.444. The first kappa shape index (κ1) is 25.4. The van der Waals surface area contributed by atoms with Crippen LogP contribution in [-0.4, -0.2) is 45.4 Å². The van der Waals surface area contributed by atoms with E-state index in [0.29, 0.717) is 29.8 Å². The molecule has 3 aromatic carbocycles. The van der Waals surface area contributed by atoms with Crippen LogP contribution in [0.4, 0.5) is 5.69 Å². The first-order valence-corrected chi connectivity index (χ1v) is 13.4. The molecule has 1 unspecified atom stereocenters. The van der Waals surface area contributed by atoms with E-state index >= 15 is 0 Å². The summed E-state index contributed by atoms with van der Waals surface area (Å²) in [6.45, 7) is 0.866. The predicted molar refractivity (Wildman–Crippen MR) is 149 cm³/mol. The highest BCUT2D eigenvalue weighted by molar-refractivity contribution is 8.14. The second-order valence-electron chi connectivity index (χ2n) is 8.91. The topological polar surface area (TPSA) is 103 Å². The first-order valence-electron chi connectivity index (χ1n) is 12.4. The number of nitrogens with one attached hydrogen (secondary N) is 2. The van der Waals surface area contributed by atoms with E-state index < -0.39 is 6.04 Å². The molecule has 0 aromatic heterocycles. The lowest BCUT2D eigenvalue weighted by atomic mass is 10.1. The Morgan fingerprint density at radius 1 is 0.816 bits per heavy atom. The molecule has 9 heteroatoms. The Morgan fingerprint density at radius 3 is 2.11 bits per heavy atom. The van der Waals surface area contributed by atoms with Crippen molar-refractivity contribution in [3.05, 3.63) is 102 Å². The van der Waals surface area contributed by atoms with Crippen molar-refractivity contribution in [1.82, 2.24) is 15.5 Å². The van der Waals surface area contributed by atoms with E-state index in [4.69, 9.17) is 4.99 Å². The predicted octanol–water partition coefficient (Wildman–Crippen LogP) is 3.79.